The standard InChI is InChI=1S/C63H119NO18/c1-3-5-7-9-11-13-15-17-19-21-22-23-24-25-27-29-31-33-35-37-39-41-51(69)64-46(47(68)40-38-36-34-32-30-28-26-20-18-16-14-12-10-8-6-4-2)45-77-61-57(75)54(72)59(49(43-66)79-61)82-63-58(76)55(73)60(50(44-67)80-63)81-62-56(74)53(71)52(70)48(42-65)78-62/h38,40,46-50,52-63,65-68,70-76H,3-37,39,41-45H2,1-2H3,(H,64,69)/b40-38+. The number of ether oxygens (including phenoxy) is 6. The molecule has 0 aromatic heterocycles. The molecular formula is C63H119NO18. The maximum Gasteiger partial charge on any atom is 0.220 e. The van der Waals surface area contributed by atoms with Crippen LogP contribution in [0.5, 0.6) is 0 Å². The van der Waals surface area contributed by atoms with Gasteiger partial charge in [0.15, 0.2) is 18.9 Å². The summed E-state index contributed by atoms with van der Waals surface area (Å²) < 4.78 is 34.3. The van der Waals surface area contributed by atoms with Gasteiger partial charge in [-0.05, 0) is 19.3 Å². The molecule has 0 saturated carbocycles. The molecule has 12 N–H and O–H groups in total. The lowest BCUT2D eigenvalue weighted by Gasteiger charge is -2.48. The van der Waals surface area contributed by atoms with Crippen LogP contribution in [-0.2, 0) is 33.2 Å². The Morgan fingerprint density at radius 2 is 0.756 bits per heavy atom. The van der Waals surface area contributed by atoms with Gasteiger partial charge in [0, 0.05) is 6.42 Å². The summed E-state index contributed by atoms with van der Waals surface area (Å²) in [6.45, 7) is 1.76. The predicted molar refractivity (Wildman–Crippen MR) is 314 cm³/mol. The third-order valence-corrected chi connectivity index (χ3v) is 16.8. The molecule has 0 spiro atoms. The molecule has 3 rings (SSSR count). The highest BCUT2D eigenvalue weighted by molar-refractivity contribution is 5.76. The number of allylic oxidation sites excluding steroid dienone is 1. The molecule has 0 aromatic carbocycles. The summed E-state index contributed by atoms with van der Waals surface area (Å²) in [4.78, 5) is 13.4. The van der Waals surface area contributed by atoms with E-state index in [2.05, 4.69) is 19.2 Å². The van der Waals surface area contributed by atoms with Gasteiger partial charge in [-0.15, -0.1) is 0 Å². The average molecular weight is 1180 g/mol. The van der Waals surface area contributed by atoms with Gasteiger partial charge in [0.1, 0.15) is 73.2 Å². The Bertz CT molecular complexity index is 1550. The number of carbonyl (C=O) groups excluding carboxylic acids is 1. The van der Waals surface area contributed by atoms with Crippen LogP contribution in [0.4, 0.5) is 0 Å². The Morgan fingerprint density at radius 1 is 0.427 bits per heavy atom. The zero-order valence-electron chi connectivity index (χ0n) is 50.7. The summed E-state index contributed by atoms with van der Waals surface area (Å²) in [5, 5.41) is 120. The largest absolute Gasteiger partial charge is 0.394 e. The number of nitrogens with one attached hydrogen (secondary N) is 1. The molecule has 19 nitrogen and oxygen atoms in total. The highest BCUT2D eigenvalue weighted by Gasteiger charge is 2.53. The van der Waals surface area contributed by atoms with Crippen LogP contribution in [0.2, 0.25) is 0 Å². The summed E-state index contributed by atoms with van der Waals surface area (Å²) >= 11 is 0. The van der Waals surface area contributed by atoms with Crippen LogP contribution in [0.15, 0.2) is 12.2 Å². The topological polar surface area (TPSA) is 307 Å². The molecule has 19 heteroatoms. The highest BCUT2D eigenvalue weighted by Crippen LogP contribution is 2.33. The molecule has 1 amide bonds. The van der Waals surface area contributed by atoms with Crippen LogP contribution in [0.25, 0.3) is 0 Å². The SMILES string of the molecule is CCCCCCCCCCCCCCCC/C=C/C(O)C(COC1OC(CO)C(OC2OC(CO)C(OC3OC(CO)C(O)C(O)C3O)C(O)C2O)C(O)C1O)NC(=O)CCCCCCCCCCCCCCCCCCCCCCC. The number of hydrogen-bond donors (Lipinski definition) is 12. The van der Waals surface area contributed by atoms with Crippen LogP contribution in [0.1, 0.15) is 251 Å². The van der Waals surface area contributed by atoms with Gasteiger partial charge in [0.25, 0.3) is 0 Å². The van der Waals surface area contributed by atoms with E-state index < -0.39 is 124 Å². The van der Waals surface area contributed by atoms with Crippen LogP contribution < -0.4 is 5.32 Å². The van der Waals surface area contributed by atoms with E-state index in [0.29, 0.717) is 6.42 Å². The Labute approximate surface area is 493 Å². The van der Waals surface area contributed by atoms with E-state index in [1.54, 1.807) is 6.08 Å². The van der Waals surface area contributed by atoms with E-state index in [-0.39, 0.29) is 18.9 Å². The molecule has 82 heavy (non-hydrogen) atoms. The number of amides is 1. The predicted octanol–water partition coefficient (Wildman–Crippen LogP) is 7.33. The van der Waals surface area contributed by atoms with E-state index in [0.717, 1.165) is 44.9 Å². The van der Waals surface area contributed by atoms with Gasteiger partial charge in [-0.3, -0.25) is 4.79 Å². The van der Waals surface area contributed by atoms with E-state index >= 15 is 0 Å². The fraction of sp³-hybridized carbons (Fsp3) is 0.952. The number of aliphatic hydroxyl groups excluding tert-OH is 11. The van der Waals surface area contributed by atoms with Crippen LogP contribution in [0.3, 0.4) is 0 Å². The Balaban J connectivity index is 1.46. The first-order valence-corrected chi connectivity index (χ1v) is 32.9. The van der Waals surface area contributed by atoms with Gasteiger partial charge in [-0.2, -0.15) is 0 Å². The van der Waals surface area contributed by atoms with E-state index in [1.807, 2.05) is 6.08 Å². The second-order valence-corrected chi connectivity index (χ2v) is 23.9. The summed E-state index contributed by atoms with van der Waals surface area (Å²) in [6, 6.07) is -0.967. The molecule has 484 valence electrons. The van der Waals surface area contributed by atoms with Crippen molar-refractivity contribution in [3.05, 3.63) is 12.2 Å². The molecule has 3 heterocycles. The highest BCUT2D eigenvalue weighted by atomic mass is 16.8. The Morgan fingerprint density at radius 3 is 1.15 bits per heavy atom. The first-order chi connectivity index (χ1) is 39.8. The number of hydrogen-bond acceptors (Lipinski definition) is 18. The van der Waals surface area contributed by atoms with E-state index in [4.69, 9.17) is 28.4 Å². The molecule has 3 aliphatic heterocycles. The Kier molecular flexibility index (Phi) is 42.5. The van der Waals surface area contributed by atoms with Crippen molar-refractivity contribution in [1.29, 1.82) is 0 Å². The Hall–Kier alpha value is -1.47. The van der Waals surface area contributed by atoms with Crippen molar-refractivity contribution in [3.8, 4) is 0 Å². The zero-order valence-corrected chi connectivity index (χ0v) is 50.7. The molecule has 3 fully saturated rings. The van der Waals surface area contributed by atoms with Crippen LogP contribution >= 0.6 is 0 Å². The van der Waals surface area contributed by atoms with Crippen molar-refractivity contribution in [2.24, 2.45) is 0 Å². The van der Waals surface area contributed by atoms with Crippen LogP contribution in [0, 0.1) is 0 Å². The number of unbranched alkanes of at least 4 members (excludes halogenated alkanes) is 34. The second kappa shape index (κ2) is 46.7. The molecule has 3 saturated heterocycles. The minimum Gasteiger partial charge on any atom is -0.394 e. The van der Waals surface area contributed by atoms with Crippen LogP contribution in [-0.4, -0.2) is 193 Å². The smallest absolute Gasteiger partial charge is 0.220 e. The third kappa shape index (κ3) is 29.5. The van der Waals surface area contributed by atoms with Gasteiger partial charge in [0.05, 0.1) is 38.6 Å². The molecule has 0 aliphatic carbocycles. The number of carbonyl (C=O) groups is 1. The third-order valence-electron chi connectivity index (χ3n) is 16.8. The minimum atomic E-state index is -1.97. The lowest BCUT2D eigenvalue weighted by atomic mass is 9.96. The van der Waals surface area contributed by atoms with Crippen molar-refractivity contribution in [2.45, 2.75) is 356 Å². The zero-order chi connectivity index (χ0) is 59.7. The lowest BCUT2D eigenvalue weighted by molar-refractivity contribution is -0.379. The molecule has 3 aliphatic rings. The number of aliphatic hydroxyl groups is 11. The molecule has 0 bridgehead atoms. The van der Waals surface area contributed by atoms with E-state index in [1.165, 1.54) is 180 Å². The lowest BCUT2D eigenvalue weighted by Crippen LogP contribution is -2.66. The van der Waals surface area contributed by atoms with Gasteiger partial charge in [0.2, 0.25) is 5.91 Å². The maximum atomic E-state index is 13.4. The van der Waals surface area contributed by atoms with Crippen molar-refractivity contribution in [3.63, 3.8) is 0 Å². The van der Waals surface area contributed by atoms with Gasteiger partial charge < -0.3 is 89.9 Å². The van der Waals surface area contributed by atoms with Crippen molar-refractivity contribution >= 4 is 5.91 Å². The summed E-state index contributed by atoms with van der Waals surface area (Å²) in [7, 11) is 0. The average Bonchev–Trinajstić information content (AvgIpc) is 3.25. The van der Waals surface area contributed by atoms with Crippen molar-refractivity contribution in [2.75, 3.05) is 26.4 Å². The molecular weight excluding hydrogens is 1060 g/mol. The molecule has 0 aromatic rings. The molecule has 17 unspecified atom stereocenters. The first-order valence-electron chi connectivity index (χ1n) is 32.9. The van der Waals surface area contributed by atoms with Gasteiger partial charge in [-0.1, -0.05) is 238 Å². The van der Waals surface area contributed by atoms with Gasteiger partial charge >= 0.3 is 0 Å². The fourth-order valence-electron chi connectivity index (χ4n) is 11.4. The van der Waals surface area contributed by atoms with Gasteiger partial charge in [-0.25, -0.2) is 0 Å². The fourth-order valence-corrected chi connectivity index (χ4v) is 11.4. The normalized spacial score (nSPS) is 29.6. The number of rotatable bonds is 50. The first kappa shape index (κ1) is 74.8. The van der Waals surface area contributed by atoms with Crippen molar-refractivity contribution in [1.82, 2.24) is 5.32 Å². The summed E-state index contributed by atoms with van der Waals surface area (Å²) in [6.07, 6.45) is 21.8. The maximum absolute atomic E-state index is 13.4. The quantitative estimate of drug-likeness (QED) is 0.0210. The van der Waals surface area contributed by atoms with E-state index in [9.17, 15) is 61.0 Å². The summed E-state index contributed by atoms with van der Waals surface area (Å²) in [5.74, 6) is -0.270. The molecule has 0 radical (unpaired) electrons. The van der Waals surface area contributed by atoms with Crippen molar-refractivity contribution < 1.29 is 89.4 Å². The monoisotopic (exact) mass is 1180 g/mol. The molecule has 17 atom stereocenters. The summed E-state index contributed by atoms with van der Waals surface area (Å²) in [5.41, 5.74) is 0. The second-order valence-electron chi connectivity index (χ2n) is 23.9. The minimum absolute atomic E-state index is 0.249.